The molecule has 0 saturated heterocycles. The number of aldehydes is 3. The van der Waals surface area contributed by atoms with Crippen LogP contribution >= 0.6 is 0 Å². The van der Waals surface area contributed by atoms with E-state index >= 15 is 0 Å². The van der Waals surface area contributed by atoms with E-state index < -0.39 is 6.10 Å². The van der Waals surface area contributed by atoms with Crippen molar-refractivity contribution in [3.8, 4) is 0 Å². The van der Waals surface area contributed by atoms with Crippen molar-refractivity contribution in [1.82, 2.24) is 0 Å². The first-order valence-electron chi connectivity index (χ1n) is 42.4. The SMILES string of the molecule is C=C(C(C)=O)c1ccc(CCCC)cc1.C=C(C=O)c1ccc(CCCC)cc1.C=C(c1ccc(CCCC)cc1)C(C)O.CC(=O)C1(c2ccc(C(C)C)cc2)CC1.CC=Cc1ccc(CCCC)cc1.CCCCc1ccc(C2(C(C)=O)CC2)cc1.CCCCc1ccc(C=O)cc1.CCCCc1ccc(CC=O)cc1. The minimum atomic E-state index is -0.466. The predicted molar refractivity (Wildman–Crippen MR) is 484 cm³/mol. The zero-order valence-corrected chi connectivity index (χ0v) is 71.9. The van der Waals surface area contributed by atoms with E-state index in [4.69, 9.17) is 0 Å². The lowest BCUT2D eigenvalue weighted by atomic mass is 9.90. The van der Waals surface area contributed by atoms with E-state index in [1.165, 1.54) is 158 Å². The lowest BCUT2D eigenvalue weighted by molar-refractivity contribution is -0.120. The largest absolute Gasteiger partial charge is 0.389 e. The Morgan fingerprint density at radius 1 is 0.389 bits per heavy atom. The van der Waals surface area contributed by atoms with Crippen molar-refractivity contribution >= 4 is 59.0 Å². The highest BCUT2D eigenvalue weighted by Crippen LogP contribution is 2.50. The molecular weight excluding hydrogens is 1390 g/mol. The molecule has 0 spiro atoms. The molecule has 10 rings (SSSR count). The Balaban J connectivity index is 0.000000335. The summed E-state index contributed by atoms with van der Waals surface area (Å²) in [6.07, 6.45) is 36.3. The van der Waals surface area contributed by atoms with Gasteiger partial charge in [0.25, 0.3) is 0 Å². The van der Waals surface area contributed by atoms with Gasteiger partial charge in [-0.3, -0.25) is 24.0 Å². The Morgan fingerprint density at radius 3 is 0.938 bits per heavy atom. The van der Waals surface area contributed by atoms with Gasteiger partial charge in [-0.2, -0.15) is 0 Å². The summed E-state index contributed by atoms with van der Waals surface area (Å²) in [5.41, 5.74) is 21.1. The van der Waals surface area contributed by atoms with Gasteiger partial charge in [-0.1, -0.05) is 333 Å². The highest BCUT2D eigenvalue weighted by atomic mass is 16.3. The van der Waals surface area contributed by atoms with Crippen LogP contribution in [0.5, 0.6) is 0 Å². The van der Waals surface area contributed by atoms with E-state index in [0.29, 0.717) is 35.1 Å². The highest BCUT2D eigenvalue weighted by molar-refractivity contribution is 6.18. The Labute approximate surface area is 684 Å². The van der Waals surface area contributed by atoms with Crippen molar-refractivity contribution in [2.75, 3.05) is 0 Å². The number of aliphatic hydroxyl groups excluding tert-OH is 1. The van der Waals surface area contributed by atoms with E-state index in [0.717, 1.165) is 116 Å². The Hall–Kier alpha value is -9.30. The smallest absolute Gasteiger partial charge is 0.159 e. The zero-order chi connectivity index (χ0) is 83.4. The van der Waals surface area contributed by atoms with Crippen molar-refractivity contribution in [3.63, 3.8) is 0 Å². The first-order valence-corrected chi connectivity index (χ1v) is 42.4. The molecule has 0 bridgehead atoms. The van der Waals surface area contributed by atoms with Gasteiger partial charge in [0, 0.05) is 23.1 Å². The fourth-order valence-electron chi connectivity index (χ4n) is 12.6. The third-order valence-electron chi connectivity index (χ3n) is 21.0. The van der Waals surface area contributed by atoms with Crippen LogP contribution in [0, 0.1) is 0 Å². The van der Waals surface area contributed by atoms with Crippen molar-refractivity contribution < 1.29 is 33.9 Å². The molecular formula is C106H140O7. The molecule has 8 aromatic rings. The summed E-state index contributed by atoms with van der Waals surface area (Å²) in [5.74, 6) is 1.25. The van der Waals surface area contributed by atoms with Crippen LogP contribution in [-0.4, -0.2) is 47.4 Å². The van der Waals surface area contributed by atoms with Crippen LogP contribution in [0.1, 0.15) is 312 Å². The molecule has 0 aliphatic heterocycles. The molecule has 1 N–H and O–H groups in total. The zero-order valence-electron chi connectivity index (χ0n) is 71.9. The number of Topliss-reactive ketones (excluding diaryl/α,β-unsaturated/α-hetero) is 3. The van der Waals surface area contributed by atoms with Gasteiger partial charge in [0.2, 0.25) is 0 Å². The van der Waals surface area contributed by atoms with E-state index in [2.05, 4.69) is 216 Å². The van der Waals surface area contributed by atoms with Crippen LogP contribution < -0.4 is 0 Å². The lowest BCUT2D eigenvalue weighted by Gasteiger charge is -2.13. The number of benzene rings is 8. The molecule has 2 fully saturated rings. The van der Waals surface area contributed by atoms with E-state index in [1.807, 2.05) is 79.7 Å². The first-order chi connectivity index (χ1) is 54.4. The van der Waals surface area contributed by atoms with Crippen molar-refractivity contribution in [3.05, 3.63) is 309 Å². The number of allylic oxidation sites excluding steroid dienone is 3. The monoisotopic (exact) mass is 1530 g/mol. The summed E-state index contributed by atoms with van der Waals surface area (Å²) < 4.78 is 0. The number of rotatable bonds is 36. The molecule has 113 heavy (non-hydrogen) atoms. The molecule has 1 unspecified atom stereocenters. The van der Waals surface area contributed by atoms with Crippen LogP contribution in [-0.2, 0) is 86.2 Å². The van der Waals surface area contributed by atoms with Crippen LogP contribution in [0.4, 0.5) is 0 Å². The summed E-state index contributed by atoms with van der Waals surface area (Å²) in [6.45, 7) is 39.8. The van der Waals surface area contributed by atoms with Gasteiger partial charge in [0.15, 0.2) is 5.78 Å². The number of hydrogen-bond acceptors (Lipinski definition) is 7. The summed E-state index contributed by atoms with van der Waals surface area (Å²) >= 11 is 0. The number of ketones is 3. The molecule has 1 atom stereocenters. The molecule has 0 radical (unpaired) electrons. The molecule has 2 aliphatic carbocycles. The van der Waals surface area contributed by atoms with Crippen LogP contribution in [0.3, 0.4) is 0 Å². The third-order valence-corrected chi connectivity index (χ3v) is 21.0. The molecule has 0 amide bonds. The number of unbranched alkanes of at least 4 members (excludes halogenated alkanes) is 7. The van der Waals surface area contributed by atoms with Gasteiger partial charge in [0.05, 0.1) is 16.9 Å². The van der Waals surface area contributed by atoms with E-state index in [9.17, 15) is 33.9 Å². The van der Waals surface area contributed by atoms with Crippen molar-refractivity contribution in [1.29, 1.82) is 0 Å². The van der Waals surface area contributed by atoms with Crippen LogP contribution in [0.15, 0.2) is 220 Å². The summed E-state index contributed by atoms with van der Waals surface area (Å²) in [4.78, 5) is 65.3. The number of aryl methyl sites for hydroxylation is 7. The minimum Gasteiger partial charge on any atom is -0.389 e. The van der Waals surface area contributed by atoms with Gasteiger partial charge < -0.3 is 9.90 Å². The molecule has 0 aromatic heterocycles. The minimum absolute atomic E-state index is 0.0382. The maximum atomic E-state index is 11.6. The van der Waals surface area contributed by atoms with E-state index in [1.54, 1.807) is 27.7 Å². The van der Waals surface area contributed by atoms with Crippen molar-refractivity contribution in [2.24, 2.45) is 0 Å². The average molecular weight is 1530 g/mol. The predicted octanol–water partition coefficient (Wildman–Crippen LogP) is 27.1. The van der Waals surface area contributed by atoms with Gasteiger partial charge >= 0.3 is 0 Å². The second-order valence-corrected chi connectivity index (χ2v) is 30.7. The fourth-order valence-corrected chi connectivity index (χ4v) is 12.6. The molecule has 2 aliphatic rings. The normalized spacial score (nSPS) is 12.4. The maximum Gasteiger partial charge on any atom is 0.159 e. The van der Waals surface area contributed by atoms with Gasteiger partial charge in [-0.05, 0) is 245 Å². The Bertz CT molecular complexity index is 4040. The molecule has 7 heteroatoms. The second-order valence-electron chi connectivity index (χ2n) is 30.7. The third kappa shape index (κ3) is 37.5. The molecule has 0 heterocycles. The average Bonchev–Trinajstić information content (AvgIpc) is 1.62. The molecule has 2 saturated carbocycles. The number of hydrogen-bond donors (Lipinski definition) is 1. The lowest BCUT2D eigenvalue weighted by Crippen LogP contribution is -2.16. The topological polar surface area (TPSA) is 123 Å². The Kier molecular flexibility index (Phi) is 48.5. The second kappa shape index (κ2) is 56.0. The first kappa shape index (κ1) is 97.9. The number of aliphatic hydroxyl groups is 1. The van der Waals surface area contributed by atoms with Crippen LogP contribution in [0.2, 0.25) is 0 Å². The number of carbonyl (C=O) groups excluding carboxylic acids is 6. The van der Waals surface area contributed by atoms with Gasteiger partial charge in [0.1, 0.15) is 30.4 Å². The number of carbonyl (C=O) groups is 6. The summed E-state index contributed by atoms with van der Waals surface area (Å²) in [5, 5.41) is 9.39. The van der Waals surface area contributed by atoms with Crippen LogP contribution in [0.25, 0.3) is 22.8 Å². The Morgan fingerprint density at radius 2 is 0.673 bits per heavy atom. The van der Waals surface area contributed by atoms with Gasteiger partial charge in [-0.25, -0.2) is 0 Å². The summed E-state index contributed by atoms with van der Waals surface area (Å²) in [6, 6.07) is 66.7. The van der Waals surface area contributed by atoms with Crippen molar-refractivity contribution in [2.45, 2.75) is 287 Å². The highest BCUT2D eigenvalue weighted by Gasteiger charge is 2.49. The van der Waals surface area contributed by atoms with Gasteiger partial charge in [-0.15, -0.1) is 0 Å². The van der Waals surface area contributed by atoms with E-state index in [-0.39, 0.29) is 16.6 Å². The molecule has 7 nitrogen and oxygen atoms in total. The maximum absolute atomic E-state index is 11.6. The molecule has 606 valence electrons. The summed E-state index contributed by atoms with van der Waals surface area (Å²) in [7, 11) is 0. The fraction of sp³-hybridized carbons (Fsp3) is 0.415. The standard InChI is InChI=1S/C15H20O.C14H18O.C14H20O.C14H18O.C13H16O.C13H18.C12H16O.C11H14O/c1-3-4-5-13-6-8-14(9-7-13)15(10-11-15)12(2)16;1-10(2)12-4-6-13(7-5-12)14(8-9-14)11(3)15;2*1-4-5-6-13-7-9-14(10-8-13)11(2)12(3)15;1-3-4-5-12-6-8-13(9-7-12)11(2)10-14;1-3-5-7-13-10-8-12(6-4-2)9-11-13;1-2-3-4-11-5-7-12(8-6-11)9-10-13;1-2-3-4-10-5-7-11(9-12)8-6-10/h6-9H,3-5,10-11H2,1-2H3;4-7,10H,8-9H2,1-3H3;7-10,12,15H,2,4-6H2,1,3H3;7-10H,2,4-6H2,1,3H3;6-10H,2-5H2,1H3;4,6,8-11H,3,5,7H2,1-2H3;5-8,10H,2-4,9H2,1H3;5-9H,2-4H2,1H3. The quantitative estimate of drug-likeness (QED) is 0.0306. The molecule has 8 aromatic carbocycles.